The number of nitrogens with zero attached hydrogens (tertiary/aromatic N) is 2. The Morgan fingerprint density at radius 1 is 1.38 bits per heavy atom. The highest BCUT2D eigenvalue weighted by Gasteiger charge is 2.20. The quantitative estimate of drug-likeness (QED) is 0.799. The third-order valence-corrected chi connectivity index (χ3v) is 3.54. The lowest BCUT2D eigenvalue weighted by Gasteiger charge is -2.15. The molecule has 6 heteroatoms. The molecule has 0 fully saturated rings. The predicted molar refractivity (Wildman–Crippen MR) is 80.4 cm³/mol. The molecule has 0 bridgehead atoms. The Balaban J connectivity index is 2.07. The first kappa shape index (κ1) is 13.4. The molecule has 0 saturated carbocycles. The normalized spacial score (nSPS) is 14.1. The third-order valence-electron chi connectivity index (χ3n) is 3.54. The summed E-state index contributed by atoms with van der Waals surface area (Å²) in [4.78, 5) is 19.6. The van der Waals surface area contributed by atoms with E-state index in [1.807, 2.05) is 24.3 Å². The number of aromatic nitrogens is 2. The van der Waals surface area contributed by atoms with Crippen molar-refractivity contribution in [2.75, 3.05) is 17.2 Å². The Hall–Kier alpha value is -2.63. The van der Waals surface area contributed by atoms with E-state index in [2.05, 4.69) is 20.6 Å². The first-order valence-electron chi connectivity index (χ1n) is 6.83. The molecule has 0 spiro atoms. The SMILES string of the molecule is C[C@H](Nc1ncnc2c1CCNc1ccccc1-2)C(=O)O. The van der Waals surface area contributed by atoms with Gasteiger partial charge < -0.3 is 15.7 Å². The van der Waals surface area contributed by atoms with Gasteiger partial charge in [-0.1, -0.05) is 18.2 Å². The van der Waals surface area contributed by atoms with Crippen LogP contribution in [-0.2, 0) is 11.2 Å². The summed E-state index contributed by atoms with van der Waals surface area (Å²) in [5, 5.41) is 15.4. The molecule has 21 heavy (non-hydrogen) atoms. The van der Waals surface area contributed by atoms with E-state index in [1.165, 1.54) is 6.33 Å². The molecule has 0 aliphatic carbocycles. The zero-order valence-electron chi connectivity index (χ0n) is 11.6. The van der Waals surface area contributed by atoms with E-state index in [4.69, 9.17) is 5.11 Å². The van der Waals surface area contributed by atoms with Gasteiger partial charge in [0.1, 0.15) is 18.2 Å². The van der Waals surface area contributed by atoms with Gasteiger partial charge in [-0.3, -0.25) is 4.79 Å². The zero-order valence-corrected chi connectivity index (χ0v) is 11.6. The summed E-state index contributed by atoms with van der Waals surface area (Å²) < 4.78 is 0. The monoisotopic (exact) mass is 284 g/mol. The molecule has 2 heterocycles. The number of benzene rings is 1. The smallest absolute Gasteiger partial charge is 0.325 e. The number of para-hydroxylation sites is 1. The molecule has 1 aromatic heterocycles. The summed E-state index contributed by atoms with van der Waals surface area (Å²) >= 11 is 0. The highest BCUT2D eigenvalue weighted by Crippen LogP contribution is 2.34. The lowest BCUT2D eigenvalue weighted by molar-refractivity contribution is -0.137. The van der Waals surface area contributed by atoms with E-state index in [0.717, 1.165) is 35.5 Å². The van der Waals surface area contributed by atoms with Gasteiger partial charge in [0.05, 0.1) is 5.69 Å². The summed E-state index contributed by atoms with van der Waals surface area (Å²) in [5.41, 5.74) is 3.85. The van der Waals surface area contributed by atoms with Gasteiger partial charge in [0.15, 0.2) is 0 Å². The van der Waals surface area contributed by atoms with Crippen molar-refractivity contribution in [3.05, 3.63) is 36.2 Å². The number of nitrogens with one attached hydrogen (secondary N) is 2. The van der Waals surface area contributed by atoms with Crippen molar-refractivity contribution >= 4 is 17.5 Å². The van der Waals surface area contributed by atoms with Crippen molar-refractivity contribution in [1.82, 2.24) is 9.97 Å². The van der Waals surface area contributed by atoms with Crippen LogP contribution in [0.5, 0.6) is 0 Å². The zero-order chi connectivity index (χ0) is 14.8. The van der Waals surface area contributed by atoms with E-state index in [9.17, 15) is 4.79 Å². The van der Waals surface area contributed by atoms with Crippen molar-refractivity contribution in [1.29, 1.82) is 0 Å². The summed E-state index contributed by atoms with van der Waals surface area (Å²) in [6.45, 7) is 2.35. The third kappa shape index (κ3) is 2.52. The number of carbonyl (C=O) groups is 1. The molecule has 0 unspecified atom stereocenters. The fourth-order valence-electron chi connectivity index (χ4n) is 2.44. The molecule has 0 amide bonds. The Morgan fingerprint density at radius 2 is 2.19 bits per heavy atom. The Morgan fingerprint density at radius 3 is 3.00 bits per heavy atom. The number of aliphatic carboxylic acids is 1. The summed E-state index contributed by atoms with van der Waals surface area (Å²) in [5.74, 6) is -0.317. The molecular weight excluding hydrogens is 268 g/mol. The molecule has 108 valence electrons. The van der Waals surface area contributed by atoms with Gasteiger partial charge in [0.25, 0.3) is 0 Å². The Kier molecular flexibility index (Phi) is 3.43. The Bertz CT molecular complexity index is 687. The number of fused-ring (bicyclic) bond motifs is 3. The van der Waals surface area contributed by atoms with Crippen LogP contribution in [0.1, 0.15) is 12.5 Å². The van der Waals surface area contributed by atoms with E-state index in [1.54, 1.807) is 6.92 Å². The first-order valence-corrected chi connectivity index (χ1v) is 6.83. The van der Waals surface area contributed by atoms with Crippen LogP contribution in [-0.4, -0.2) is 33.6 Å². The van der Waals surface area contributed by atoms with E-state index < -0.39 is 12.0 Å². The lowest BCUT2D eigenvalue weighted by Crippen LogP contribution is -2.26. The molecule has 1 aliphatic heterocycles. The highest BCUT2D eigenvalue weighted by atomic mass is 16.4. The summed E-state index contributed by atoms with van der Waals surface area (Å²) in [7, 11) is 0. The van der Waals surface area contributed by atoms with E-state index in [-0.39, 0.29) is 0 Å². The molecule has 3 N–H and O–H groups in total. The average molecular weight is 284 g/mol. The second-order valence-corrected chi connectivity index (χ2v) is 4.98. The molecular formula is C15H16N4O2. The van der Waals surface area contributed by atoms with Crippen LogP contribution in [0.4, 0.5) is 11.5 Å². The number of anilines is 2. The van der Waals surface area contributed by atoms with Gasteiger partial charge in [-0.05, 0) is 19.4 Å². The summed E-state index contributed by atoms with van der Waals surface area (Å²) in [6.07, 6.45) is 2.21. The minimum atomic E-state index is -0.908. The van der Waals surface area contributed by atoms with Crippen LogP contribution in [0.15, 0.2) is 30.6 Å². The molecule has 3 rings (SSSR count). The number of hydrogen-bond donors (Lipinski definition) is 3. The van der Waals surface area contributed by atoms with Gasteiger partial charge in [-0.2, -0.15) is 0 Å². The van der Waals surface area contributed by atoms with Crippen LogP contribution in [0.2, 0.25) is 0 Å². The number of rotatable bonds is 3. The maximum atomic E-state index is 11.0. The van der Waals surface area contributed by atoms with Gasteiger partial charge in [0, 0.05) is 23.4 Å². The largest absolute Gasteiger partial charge is 0.480 e. The number of carboxylic acid groups (broad SMARTS) is 1. The lowest BCUT2D eigenvalue weighted by atomic mass is 10.0. The molecule has 6 nitrogen and oxygen atoms in total. The minimum absolute atomic E-state index is 0.591. The molecule has 0 radical (unpaired) electrons. The second-order valence-electron chi connectivity index (χ2n) is 4.98. The van der Waals surface area contributed by atoms with Crippen LogP contribution >= 0.6 is 0 Å². The maximum absolute atomic E-state index is 11.0. The molecule has 1 atom stereocenters. The predicted octanol–water partition coefficient (Wildman–Crippen LogP) is 2.00. The first-order chi connectivity index (χ1) is 10.2. The highest BCUT2D eigenvalue weighted by molar-refractivity contribution is 5.82. The number of carboxylic acids is 1. The fraction of sp³-hybridized carbons (Fsp3) is 0.267. The number of hydrogen-bond acceptors (Lipinski definition) is 5. The van der Waals surface area contributed by atoms with Gasteiger partial charge in [-0.15, -0.1) is 0 Å². The van der Waals surface area contributed by atoms with E-state index >= 15 is 0 Å². The van der Waals surface area contributed by atoms with Crippen molar-refractivity contribution in [3.8, 4) is 11.3 Å². The van der Waals surface area contributed by atoms with Crippen molar-refractivity contribution in [2.45, 2.75) is 19.4 Å². The van der Waals surface area contributed by atoms with Gasteiger partial charge in [0.2, 0.25) is 0 Å². The van der Waals surface area contributed by atoms with Crippen LogP contribution in [0, 0.1) is 0 Å². The topological polar surface area (TPSA) is 87.1 Å². The van der Waals surface area contributed by atoms with Crippen molar-refractivity contribution in [2.24, 2.45) is 0 Å². The second kappa shape index (κ2) is 5.40. The molecule has 1 aromatic carbocycles. The standard InChI is InChI=1S/C15H16N4O2/c1-9(15(20)21)19-14-11-6-7-16-12-5-3-2-4-10(12)13(11)17-8-18-14/h2-5,8-9,16H,6-7H2,1H3,(H,20,21)(H,17,18,19)/t9-/m0/s1. The molecule has 0 saturated heterocycles. The van der Waals surface area contributed by atoms with Gasteiger partial charge in [-0.25, -0.2) is 9.97 Å². The van der Waals surface area contributed by atoms with Gasteiger partial charge >= 0.3 is 5.97 Å². The maximum Gasteiger partial charge on any atom is 0.325 e. The van der Waals surface area contributed by atoms with E-state index in [0.29, 0.717) is 5.82 Å². The van der Waals surface area contributed by atoms with Crippen LogP contribution < -0.4 is 10.6 Å². The molecule has 1 aliphatic rings. The van der Waals surface area contributed by atoms with Crippen molar-refractivity contribution in [3.63, 3.8) is 0 Å². The van der Waals surface area contributed by atoms with Crippen LogP contribution in [0.3, 0.4) is 0 Å². The van der Waals surface area contributed by atoms with Crippen LogP contribution in [0.25, 0.3) is 11.3 Å². The molecule has 2 aromatic rings. The van der Waals surface area contributed by atoms with Crippen molar-refractivity contribution < 1.29 is 9.90 Å². The minimum Gasteiger partial charge on any atom is -0.480 e. The summed E-state index contributed by atoms with van der Waals surface area (Å²) in [6, 6.07) is 7.26. The Labute approximate surface area is 122 Å². The average Bonchev–Trinajstić information content (AvgIpc) is 2.67. The fourth-order valence-corrected chi connectivity index (χ4v) is 2.44.